The van der Waals surface area contributed by atoms with Crippen molar-refractivity contribution in [1.29, 1.82) is 0 Å². The molecule has 0 aliphatic rings. The van der Waals surface area contributed by atoms with Crippen molar-refractivity contribution in [3.63, 3.8) is 0 Å². The third-order valence-corrected chi connectivity index (χ3v) is 2.69. The first-order valence-corrected chi connectivity index (χ1v) is 6.64. The fourth-order valence-electron chi connectivity index (χ4n) is 1.51. The number of hydrogen-bond donors (Lipinski definition) is 1. The van der Waals surface area contributed by atoms with Crippen molar-refractivity contribution in [1.82, 2.24) is 10.2 Å². The largest absolute Gasteiger partial charge is 0.356 e. The van der Waals surface area contributed by atoms with Crippen LogP contribution in [0.25, 0.3) is 0 Å². The van der Waals surface area contributed by atoms with Gasteiger partial charge in [-0.2, -0.15) is 0 Å². The smallest absolute Gasteiger partial charge is 0.221 e. The zero-order valence-corrected chi connectivity index (χ0v) is 11.4. The molecule has 0 atom stereocenters. The summed E-state index contributed by atoms with van der Waals surface area (Å²) in [4.78, 5) is 24.5. The van der Waals surface area contributed by atoms with E-state index in [1.807, 2.05) is 0 Å². The molecule has 0 saturated heterocycles. The molecule has 2 amide bonds. The zero-order chi connectivity index (χ0) is 13.1. The molecule has 1 N–H and O–H groups in total. The summed E-state index contributed by atoms with van der Waals surface area (Å²) in [5.41, 5.74) is 0. The Morgan fingerprint density at radius 3 is 2.24 bits per heavy atom. The second-order valence-electron chi connectivity index (χ2n) is 4.31. The number of nitrogens with one attached hydrogen (secondary N) is 1. The number of carbonyl (C=O) groups is 2. The SMILES string of the molecule is CCCCNC(=O)CCN(CCCC)C(C)=O. The summed E-state index contributed by atoms with van der Waals surface area (Å²) in [5, 5.41) is 2.86. The summed E-state index contributed by atoms with van der Waals surface area (Å²) < 4.78 is 0. The minimum Gasteiger partial charge on any atom is -0.356 e. The third kappa shape index (κ3) is 8.72. The van der Waals surface area contributed by atoms with Crippen LogP contribution in [0.5, 0.6) is 0 Å². The van der Waals surface area contributed by atoms with E-state index in [1.54, 1.807) is 11.8 Å². The number of rotatable bonds is 9. The van der Waals surface area contributed by atoms with Crippen molar-refractivity contribution in [2.75, 3.05) is 19.6 Å². The zero-order valence-electron chi connectivity index (χ0n) is 11.4. The van der Waals surface area contributed by atoms with Crippen LogP contribution in [0.3, 0.4) is 0 Å². The Bertz CT molecular complexity index is 229. The van der Waals surface area contributed by atoms with Crippen LogP contribution in [-0.2, 0) is 9.59 Å². The second-order valence-corrected chi connectivity index (χ2v) is 4.31. The van der Waals surface area contributed by atoms with Gasteiger partial charge in [-0.1, -0.05) is 26.7 Å². The molecule has 0 bridgehead atoms. The highest BCUT2D eigenvalue weighted by molar-refractivity contribution is 5.77. The Morgan fingerprint density at radius 2 is 1.71 bits per heavy atom. The van der Waals surface area contributed by atoms with Crippen molar-refractivity contribution in [3.05, 3.63) is 0 Å². The lowest BCUT2D eigenvalue weighted by atomic mass is 10.2. The van der Waals surface area contributed by atoms with E-state index in [-0.39, 0.29) is 11.8 Å². The first kappa shape index (κ1) is 15.9. The maximum Gasteiger partial charge on any atom is 0.221 e. The third-order valence-electron chi connectivity index (χ3n) is 2.69. The molecule has 0 unspecified atom stereocenters. The van der Waals surface area contributed by atoms with Crippen molar-refractivity contribution in [3.8, 4) is 0 Å². The maximum atomic E-state index is 11.5. The van der Waals surface area contributed by atoms with Crippen LogP contribution in [0.15, 0.2) is 0 Å². The van der Waals surface area contributed by atoms with Crippen molar-refractivity contribution < 1.29 is 9.59 Å². The molecule has 4 heteroatoms. The minimum atomic E-state index is 0.0428. The van der Waals surface area contributed by atoms with Crippen molar-refractivity contribution in [2.24, 2.45) is 0 Å². The average molecular weight is 242 g/mol. The van der Waals surface area contributed by atoms with Crippen molar-refractivity contribution in [2.45, 2.75) is 52.9 Å². The van der Waals surface area contributed by atoms with E-state index >= 15 is 0 Å². The van der Waals surface area contributed by atoms with Gasteiger partial charge in [0.05, 0.1) is 0 Å². The Labute approximate surface area is 105 Å². The summed E-state index contributed by atoms with van der Waals surface area (Å²) in [6.45, 7) is 7.78. The van der Waals surface area contributed by atoms with Crippen molar-refractivity contribution >= 4 is 11.8 Å². The lowest BCUT2D eigenvalue weighted by molar-refractivity contribution is -0.129. The molecule has 0 aliphatic heterocycles. The molecular formula is C13H26N2O2. The summed E-state index contributed by atoms with van der Waals surface area (Å²) >= 11 is 0. The molecule has 100 valence electrons. The fraction of sp³-hybridized carbons (Fsp3) is 0.846. The molecule has 0 aromatic heterocycles. The van der Waals surface area contributed by atoms with Gasteiger partial charge in [-0.15, -0.1) is 0 Å². The van der Waals surface area contributed by atoms with E-state index in [0.717, 1.165) is 38.8 Å². The monoisotopic (exact) mass is 242 g/mol. The van der Waals surface area contributed by atoms with Gasteiger partial charge in [0.2, 0.25) is 11.8 Å². The van der Waals surface area contributed by atoms with Crippen LogP contribution < -0.4 is 5.32 Å². The van der Waals surface area contributed by atoms with E-state index in [0.29, 0.717) is 13.0 Å². The van der Waals surface area contributed by atoms with E-state index < -0.39 is 0 Å². The van der Waals surface area contributed by atoms with Crippen LogP contribution in [0.1, 0.15) is 52.9 Å². The van der Waals surface area contributed by atoms with Gasteiger partial charge < -0.3 is 10.2 Å². The van der Waals surface area contributed by atoms with Crippen LogP contribution in [0, 0.1) is 0 Å². The second kappa shape index (κ2) is 10.1. The molecular weight excluding hydrogens is 216 g/mol. The average Bonchev–Trinajstić information content (AvgIpc) is 2.29. The van der Waals surface area contributed by atoms with Crippen LogP contribution >= 0.6 is 0 Å². The highest BCUT2D eigenvalue weighted by Gasteiger charge is 2.09. The molecule has 0 fully saturated rings. The molecule has 0 aliphatic carbocycles. The van der Waals surface area contributed by atoms with E-state index in [2.05, 4.69) is 19.2 Å². The first-order chi connectivity index (χ1) is 8.11. The number of hydrogen-bond acceptors (Lipinski definition) is 2. The van der Waals surface area contributed by atoms with Gasteiger partial charge in [-0.25, -0.2) is 0 Å². The lowest BCUT2D eigenvalue weighted by Gasteiger charge is -2.20. The molecule has 0 radical (unpaired) electrons. The first-order valence-electron chi connectivity index (χ1n) is 6.64. The highest BCUT2D eigenvalue weighted by Crippen LogP contribution is 1.98. The molecule has 0 rings (SSSR count). The molecule has 0 aromatic carbocycles. The highest BCUT2D eigenvalue weighted by atomic mass is 16.2. The molecule has 0 spiro atoms. The lowest BCUT2D eigenvalue weighted by Crippen LogP contribution is -2.34. The van der Waals surface area contributed by atoms with Gasteiger partial charge >= 0.3 is 0 Å². The number of carbonyl (C=O) groups excluding carboxylic acids is 2. The summed E-state index contributed by atoms with van der Waals surface area (Å²) in [6, 6.07) is 0. The van der Waals surface area contributed by atoms with Crippen LogP contribution in [-0.4, -0.2) is 36.3 Å². The van der Waals surface area contributed by atoms with Crippen LogP contribution in [0.2, 0.25) is 0 Å². The molecule has 0 aromatic rings. The minimum absolute atomic E-state index is 0.0428. The van der Waals surface area contributed by atoms with E-state index in [9.17, 15) is 9.59 Å². The summed E-state index contributed by atoms with van der Waals surface area (Å²) in [5.74, 6) is 0.0982. The van der Waals surface area contributed by atoms with Crippen LogP contribution in [0.4, 0.5) is 0 Å². The quantitative estimate of drug-likeness (QED) is 0.628. The van der Waals surface area contributed by atoms with Gasteiger partial charge in [0.25, 0.3) is 0 Å². The molecule has 0 heterocycles. The maximum absolute atomic E-state index is 11.5. The Morgan fingerprint density at radius 1 is 1.06 bits per heavy atom. The summed E-state index contributed by atoms with van der Waals surface area (Å²) in [7, 11) is 0. The number of amides is 2. The molecule has 4 nitrogen and oxygen atoms in total. The van der Waals surface area contributed by atoms with E-state index in [4.69, 9.17) is 0 Å². The fourth-order valence-corrected chi connectivity index (χ4v) is 1.51. The summed E-state index contributed by atoms with van der Waals surface area (Å²) in [6.07, 6.45) is 4.56. The molecule has 17 heavy (non-hydrogen) atoms. The Balaban J connectivity index is 3.79. The predicted octanol–water partition coefficient (Wildman–Crippen LogP) is 1.94. The van der Waals surface area contributed by atoms with Gasteiger partial charge in [0, 0.05) is 33.0 Å². The van der Waals surface area contributed by atoms with Gasteiger partial charge in [-0.3, -0.25) is 9.59 Å². The van der Waals surface area contributed by atoms with Gasteiger partial charge in [-0.05, 0) is 12.8 Å². The Kier molecular flexibility index (Phi) is 9.49. The molecule has 0 saturated carbocycles. The Hall–Kier alpha value is -1.06. The number of nitrogens with zero attached hydrogens (tertiary/aromatic N) is 1. The van der Waals surface area contributed by atoms with Gasteiger partial charge in [0.15, 0.2) is 0 Å². The normalized spacial score (nSPS) is 10.1. The number of unbranched alkanes of at least 4 members (excludes halogenated alkanes) is 2. The van der Waals surface area contributed by atoms with Gasteiger partial charge in [0.1, 0.15) is 0 Å². The topological polar surface area (TPSA) is 49.4 Å². The standard InChI is InChI=1S/C13H26N2O2/c1-4-6-9-14-13(17)8-11-15(12(3)16)10-7-5-2/h4-11H2,1-3H3,(H,14,17). The predicted molar refractivity (Wildman–Crippen MR) is 69.7 cm³/mol. The van der Waals surface area contributed by atoms with E-state index in [1.165, 1.54) is 0 Å².